The third-order valence-electron chi connectivity index (χ3n) is 0. The molecule has 0 aromatic carbocycles. The minimum Gasteiger partial charge on any atom is -0.107 e. The number of halogens is 3. The summed E-state index contributed by atoms with van der Waals surface area (Å²) in [6.07, 6.45) is 0. The maximum Gasteiger partial charge on any atom is 0 e. The average molecular weight is 864 g/mol. The van der Waals surface area contributed by atoms with Crippen LogP contribution < -0.4 is 0 Å². The summed E-state index contributed by atoms with van der Waals surface area (Å²) in [4.78, 5) is 0. The molecule has 0 aliphatic rings. The van der Waals surface area contributed by atoms with E-state index in [1.807, 2.05) is 0 Å². The van der Waals surface area contributed by atoms with Gasteiger partial charge >= 0.3 is 0 Å². The quantitative estimate of drug-likeness (QED) is 0.173. The fourth-order valence-corrected chi connectivity index (χ4v) is 0. The maximum atomic E-state index is 3.89. The van der Waals surface area contributed by atoms with Crippen LogP contribution in [0.2, 0.25) is 0 Å². The van der Waals surface area contributed by atoms with Crippen molar-refractivity contribution in [3.05, 3.63) is 0 Å². The summed E-state index contributed by atoms with van der Waals surface area (Å²) < 4.78 is 0. The smallest absolute Gasteiger partial charge is 0 e. The molecule has 0 aliphatic carbocycles. The fraction of sp³-hybridized carbons (Fsp3) is 1.00. The minimum atomic E-state index is 0. The molecule has 0 atom stereocenters. The first-order valence-corrected chi connectivity index (χ1v) is 1.84. The van der Waals surface area contributed by atoms with Crippen LogP contribution in [0.3, 0.4) is 0 Å². The SMILES string of the molecule is C.C.C.C.C.C.C.C.C.C.C.I.I.I.P=S.[Ar].[Ar].[Ar].[Ar].[Ar].[Ar]. The second-order valence-electron chi connectivity index (χ2n) is 0. The maximum absolute atomic E-state index is 3.89. The Morgan fingerprint density at radius 1 is 0.273 bits per heavy atom. The molecule has 0 bridgehead atoms. The Labute approximate surface area is 388 Å². The van der Waals surface area contributed by atoms with Gasteiger partial charge < -0.3 is 0 Å². The van der Waals surface area contributed by atoms with E-state index in [0.29, 0.717) is 0 Å². The van der Waals surface area contributed by atoms with Crippen molar-refractivity contribution < 1.29 is 226 Å². The molecule has 0 saturated heterocycles. The third-order valence-corrected chi connectivity index (χ3v) is 0. The van der Waals surface area contributed by atoms with Gasteiger partial charge in [0.05, 0.1) is 0 Å². The standard InChI is InChI=1S/11CH4.6Ar.3HI.HPS/c;;;;;;;;;;;;;;;;;;;;1-2/h11*1H4;;;;;;;3*1H;1H. The van der Waals surface area contributed by atoms with Crippen molar-refractivity contribution in [2.24, 2.45) is 0 Å². The Hall–Kier alpha value is 10.3. The second-order valence-corrected chi connectivity index (χ2v) is 0. The summed E-state index contributed by atoms with van der Waals surface area (Å²) in [5.41, 5.74) is 0. The van der Waals surface area contributed by atoms with Gasteiger partial charge in [-0.1, -0.05) is 93.5 Å². The van der Waals surface area contributed by atoms with Crippen LogP contribution in [0.25, 0.3) is 0 Å². The molecule has 0 nitrogen and oxygen atoms in total. The molecule has 0 heterocycles. The molecule has 0 aromatic heterocycles. The van der Waals surface area contributed by atoms with Crippen LogP contribution in [0.4, 0.5) is 0 Å². The fourth-order valence-electron chi connectivity index (χ4n) is 0. The zero-order chi connectivity index (χ0) is 2.00. The second kappa shape index (κ2) is 272. The van der Waals surface area contributed by atoms with Gasteiger partial charge in [-0.15, -0.1) is 71.9 Å². The number of hydrogen-bond donors (Lipinski definition) is 0. The first kappa shape index (κ1) is 248. The zero-order valence-electron chi connectivity index (χ0n) is 4.25. The number of rotatable bonds is 0. The van der Waals surface area contributed by atoms with Crippen molar-refractivity contribution in [1.29, 1.82) is 0 Å². The zero-order valence-corrected chi connectivity index (χ0v) is 17.3. The van der Waals surface area contributed by atoms with Gasteiger partial charge in [0.15, 0.2) is 0 Å². The predicted octanol–water partition coefficient (Wildman–Crippen LogP) is 9.44. The van der Waals surface area contributed by atoms with Gasteiger partial charge in [-0.2, -0.15) is 0 Å². The first-order valence-electron chi connectivity index (χ1n) is 0.204. The van der Waals surface area contributed by atoms with Crippen LogP contribution in [0.1, 0.15) is 81.7 Å². The van der Waals surface area contributed by atoms with E-state index >= 15 is 0 Å². The van der Waals surface area contributed by atoms with Gasteiger partial charge in [-0.05, 0) is 8.02 Å². The molecule has 0 unspecified atom stereocenters. The van der Waals surface area contributed by atoms with Crippen molar-refractivity contribution in [2.75, 3.05) is 0 Å². The Morgan fingerprint density at radius 2 is 0.273 bits per heavy atom. The van der Waals surface area contributed by atoms with Crippen LogP contribution in [-0.2, 0) is 11.8 Å². The molecule has 0 N–H and O–H groups in total. The van der Waals surface area contributed by atoms with Crippen LogP contribution >= 0.6 is 79.9 Å². The van der Waals surface area contributed by atoms with Crippen molar-refractivity contribution in [2.45, 2.75) is 81.7 Å². The molecule has 0 rings (SSSR count). The third kappa shape index (κ3) is 246. The Morgan fingerprint density at radius 3 is 0.273 bits per heavy atom. The van der Waals surface area contributed by atoms with E-state index in [0.717, 1.165) is 0 Å². The monoisotopic (exact) mass is 864 g/mol. The van der Waals surface area contributed by atoms with Gasteiger partial charge in [0, 0.05) is 226 Å². The topological polar surface area (TPSA) is 0 Å². The van der Waals surface area contributed by atoms with E-state index in [1.54, 1.807) is 0 Å². The molecular weight excluding hydrogens is 816 g/mol. The molecule has 0 radical (unpaired) electrons. The largest absolute Gasteiger partial charge is 0.107 e. The van der Waals surface area contributed by atoms with E-state index in [4.69, 9.17) is 0 Å². The summed E-state index contributed by atoms with van der Waals surface area (Å²) in [5, 5.41) is 0. The molecule has 172 valence electrons. The summed E-state index contributed by atoms with van der Waals surface area (Å²) >= 11 is 3.89. The van der Waals surface area contributed by atoms with Crippen molar-refractivity contribution in [1.82, 2.24) is 0 Å². The molecule has 22 heavy (non-hydrogen) atoms. The molecule has 0 fully saturated rings. The van der Waals surface area contributed by atoms with Crippen molar-refractivity contribution >= 4 is 91.8 Å². The van der Waals surface area contributed by atoms with Crippen LogP contribution in [0.15, 0.2) is 0 Å². The molecule has 0 amide bonds. The molecule has 0 spiro atoms. The predicted molar refractivity (Wildman–Crippen MR) is 136 cm³/mol. The van der Waals surface area contributed by atoms with Crippen molar-refractivity contribution in [3.8, 4) is 0 Å². The van der Waals surface area contributed by atoms with E-state index in [-0.39, 0.29) is 380 Å². The van der Waals surface area contributed by atoms with E-state index in [1.165, 1.54) is 0 Å². The van der Waals surface area contributed by atoms with Crippen molar-refractivity contribution in [3.63, 3.8) is 0 Å². The number of hydrogen-bond acceptors (Lipinski definition) is 1. The van der Waals surface area contributed by atoms with Gasteiger partial charge in [-0.25, -0.2) is 0 Å². The molecule has 0 aliphatic heterocycles. The van der Waals surface area contributed by atoms with Gasteiger partial charge in [0.25, 0.3) is 0 Å². The van der Waals surface area contributed by atoms with E-state index < -0.39 is 0 Å². The van der Waals surface area contributed by atoms with Gasteiger partial charge in [-0.3, -0.25) is 0 Å². The van der Waals surface area contributed by atoms with Crippen LogP contribution in [0, 0.1) is 226 Å². The molecule has 0 aromatic rings. The minimum absolute atomic E-state index is 0. The molecule has 11 heteroatoms. The Kier molecular flexibility index (Phi) is 3070. The summed E-state index contributed by atoms with van der Waals surface area (Å²) in [5.74, 6) is 0. The molecular formula is C11H48Ar6I3PS. The van der Waals surface area contributed by atoms with Gasteiger partial charge in [0.1, 0.15) is 0 Å². The van der Waals surface area contributed by atoms with Crippen LogP contribution in [0.5, 0.6) is 0 Å². The van der Waals surface area contributed by atoms with E-state index in [9.17, 15) is 0 Å². The Bertz CT molecular complexity index is 39.8. The normalized spacial score (nSPS) is 0.182. The average Bonchev–Trinajstić information content (AvgIpc) is 1.00. The summed E-state index contributed by atoms with van der Waals surface area (Å²) in [6.45, 7) is 0. The molecule has 0 saturated carbocycles. The Balaban J connectivity index is -0.0000000000263. The van der Waals surface area contributed by atoms with Gasteiger partial charge in [0.2, 0.25) is 0 Å². The first-order chi connectivity index (χ1) is 1.00. The summed E-state index contributed by atoms with van der Waals surface area (Å²) in [6, 6.07) is 0. The van der Waals surface area contributed by atoms with Crippen LogP contribution in [-0.4, -0.2) is 0 Å². The van der Waals surface area contributed by atoms with E-state index in [2.05, 4.69) is 19.8 Å². The summed E-state index contributed by atoms with van der Waals surface area (Å²) in [7, 11) is 2.56.